The SMILES string of the molecule is [C-]#[N+]C[C@@H]1CN(c2nc(OC[C@@H]3CCCN3C)nc3c2CO[C@H](c2cccc4cccc(Cl)c24)C3)CCN1C(=O)OCc1ccccc1. The highest BCUT2D eigenvalue weighted by atomic mass is 35.5. The van der Waals surface area contributed by atoms with Crippen molar-refractivity contribution >= 4 is 34.3 Å². The number of likely N-dealkylation sites (tertiary alicyclic amines) is 1. The Bertz CT molecular complexity index is 1810. The van der Waals surface area contributed by atoms with Crippen LogP contribution < -0.4 is 9.64 Å². The summed E-state index contributed by atoms with van der Waals surface area (Å²) in [4.78, 5) is 32.9. The van der Waals surface area contributed by atoms with E-state index in [1.54, 1.807) is 4.90 Å². The van der Waals surface area contributed by atoms with E-state index in [4.69, 9.17) is 42.4 Å². The molecule has 7 rings (SSSR count). The number of carbonyl (C=O) groups excluding carboxylic acids is 1. The third-order valence-electron chi connectivity index (χ3n) is 9.69. The molecule has 3 aromatic carbocycles. The molecule has 0 N–H and O–H groups in total. The highest BCUT2D eigenvalue weighted by Gasteiger charge is 2.37. The molecule has 3 atom stereocenters. The lowest BCUT2D eigenvalue weighted by molar-refractivity contribution is 0.0263. The van der Waals surface area contributed by atoms with Gasteiger partial charge in [-0.1, -0.05) is 72.3 Å². The molecular weight excluding hydrogens is 628 g/mol. The number of ether oxygens (including phenoxy) is 3. The normalized spacial score (nSPS) is 21.1. The fourth-order valence-electron chi connectivity index (χ4n) is 7.06. The van der Waals surface area contributed by atoms with Crippen LogP contribution in [-0.4, -0.2) is 84.3 Å². The fraction of sp³-hybridized carbons (Fsp3) is 0.405. The molecule has 4 heterocycles. The van der Waals surface area contributed by atoms with Gasteiger partial charge < -0.3 is 28.9 Å². The number of piperazine rings is 1. The molecule has 0 unspecified atom stereocenters. The quantitative estimate of drug-likeness (QED) is 0.202. The molecule has 0 aliphatic carbocycles. The largest absolute Gasteiger partial charge is 0.462 e. The fourth-order valence-corrected chi connectivity index (χ4v) is 7.35. The van der Waals surface area contributed by atoms with E-state index in [9.17, 15) is 4.79 Å². The summed E-state index contributed by atoms with van der Waals surface area (Å²) >= 11 is 6.70. The number of likely N-dealkylation sites (N-methyl/N-ethyl adjacent to an activating group) is 1. The van der Waals surface area contributed by atoms with E-state index in [1.165, 1.54) is 0 Å². The van der Waals surface area contributed by atoms with Crippen LogP contribution in [0.25, 0.3) is 15.6 Å². The summed E-state index contributed by atoms with van der Waals surface area (Å²) in [5.41, 5.74) is 3.73. The van der Waals surface area contributed by atoms with Crippen molar-refractivity contribution in [1.29, 1.82) is 0 Å². The third kappa shape index (κ3) is 6.76. The smallest absolute Gasteiger partial charge is 0.410 e. The predicted molar refractivity (Wildman–Crippen MR) is 184 cm³/mol. The standard InChI is InChI=1S/C37H39ClN6O4/c1-39-20-28-21-43(17-18-44(28)37(45)48-22-25-9-4-3-5-10-25)35-30-24-46-33(29-14-6-11-26-12-7-15-31(38)34(26)29)19-32(30)40-36(41-35)47-23-27-13-8-16-42(27)2/h3-7,9-12,14-15,27-28,33H,8,13,16-24H2,2H3/t27-,28+,33-/m0/s1. The van der Waals surface area contributed by atoms with Crippen molar-refractivity contribution in [2.75, 3.05) is 51.3 Å². The van der Waals surface area contributed by atoms with E-state index >= 15 is 0 Å². The van der Waals surface area contributed by atoms with E-state index in [1.807, 2.05) is 48.5 Å². The second-order valence-electron chi connectivity index (χ2n) is 12.7. The maximum atomic E-state index is 13.2. The molecule has 1 amide bonds. The molecule has 2 fully saturated rings. The Balaban J connectivity index is 1.16. The van der Waals surface area contributed by atoms with Crippen molar-refractivity contribution in [3.63, 3.8) is 0 Å². The van der Waals surface area contributed by atoms with E-state index in [2.05, 4.69) is 39.9 Å². The zero-order valence-corrected chi connectivity index (χ0v) is 27.8. The molecular formula is C37H39ClN6O4. The zero-order valence-electron chi connectivity index (χ0n) is 27.1. The Kier molecular flexibility index (Phi) is 9.61. The van der Waals surface area contributed by atoms with Gasteiger partial charge in [-0.15, -0.1) is 0 Å². The Morgan fingerprint density at radius 2 is 1.88 bits per heavy atom. The first-order valence-electron chi connectivity index (χ1n) is 16.6. The highest BCUT2D eigenvalue weighted by molar-refractivity contribution is 6.35. The Morgan fingerprint density at radius 1 is 1.04 bits per heavy atom. The molecule has 0 radical (unpaired) electrons. The number of benzene rings is 3. The summed E-state index contributed by atoms with van der Waals surface area (Å²) in [6, 6.07) is 22.0. The molecule has 248 valence electrons. The summed E-state index contributed by atoms with van der Waals surface area (Å²) in [5.74, 6) is 0.733. The minimum absolute atomic E-state index is 0.155. The number of nitrogens with zero attached hydrogens (tertiary/aromatic N) is 6. The van der Waals surface area contributed by atoms with Gasteiger partial charge in [-0.25, -0.2) is 11.4 Å². The lowest BCUT2D eigenvalue weighted by atomic mass is 9.94. The number of rotatable bonds is 8. The predicted octanol–water partition coefficient (Wildman–Crippen LogP) is 6.32. The number of carbonyl (C=O) groups is 1. The zero-order chi connectivity index (χ0) is 33.0. The molecule has 1 aromatic heterocycles. The molecule has 0 bridgehead atoms. The minimum atomic E-state index is -0.415. The molecule has 2 saturated heterocycles. The van der Waals surface area contributed by atoms with Crippen LogP contribution in [0.1, 0.15) is 41.3 Å². The van der Waals surface area contributed by atoms with E-state index < -0.39 is 6.09 Å². The average Bonchev–Trinajstić information content (AvgIpc) is 3.53. The number of fused-ring (bicyclic) bond motifs is 2. The van der Waals surface area contributed by atoms with Gasteiger partial charge in [0, 0.05) is 48.1 Å². The number of aromatic nitrogens is 2. The maximum absolute atomic E-state index is 13.2. The average molecular weight is 667 g/mol. The molecule has 11 heteroatoms. The first-order chi connectivity index (χ1) is 23.5. The Morgan fingerprint density at radius 3 is 2.67 bits per heavy atom. The number of hydrogen-bond donors (Lipinski definition) is 0. The van der Waals surface area contributed by atoms with Gasteiger partial charge in [-0.2, -0.15) is 9.97 Å². The molecule has 10 nitrogen and oxygen atoms in total. The Hall–Kier alpha value is -4.43. The lowest BCUT2D eigenvalue weighted by Crippen LogP contribution is -2.57. The van der Waals surface area contributed by atoms with Crippen LogP contribution in [0.15, 0.2) is 66.7 Å². The second kappa shape index (κ2) is 14.4. The van der Waals surface area contributed by atoms with Crippen LogP contribution in [-0.2, 0) is 29.1 Å². The van der Waals surface area contributed by atoms with Crippen molar-refractivity contribution in [1.82, 2.24) is 19.8 Å². The highest BCUT2D eigenvalue weighted by Crippen LogP contribution is 2.39. The van der Waals surface area contributed by atoms with Gasteiger partial charge in [0.2, 0.25) is 6.54 Å². The summed E-state index contributed by atoms with van der Waals surface area (Å²) in [6.07, 6.45) is 2.09. The molecule has 0 spiro atoms. The topological polar surface area (TPSA) is 84.6 Å². The van der Waals surface area contributed by atoms with E-state index in [-0.39, 0.29) is 25.3 Å². The van der Waals surface area contributed by atoms with Crippen molar-refractivity contribution < 1.29 is 19.0 Å². The van der Waals surface area contributed by atoms with Crippen molar-refractivity contribution in [3.05, 3.63) is 106 Å². The summed E-state index contributed by atoms with van der Waals surface area (Å²) in [5, 5.41) is 2.74. The van der Waals surface area contributed by atoms with Gasteiger partial charge in [-0.3, -0.25) is 4.90 Å². The van der Waals surface area contributed by atoms with E-state index in [0.717, 1.165) is 58.4 Å². The third-order valence-corrected chi connectivity index (χ3v) is 10.0. The second-order valence-corrected chi connectivity index (χ2v) is 13.1. The van der Waals surface area contributed by atoms with Crippen LogP contribution in [0.4, 0.5) is 10.6 Å². The maximum Gasteiger partial charge on any atom is 0.410 e. The van der Waals surface area contributed by atoms with Crippen LogP contribution in [0.3, 0.4) is 0 Å². The van der Waals surface area contributed by atoms with Crippen LogP contribution in [0.5, 0.6) is 6.01 Å². The van der Waals surface area contributed by atoms with Crippen LogP contribution >= 0.6 is 11.6 Å². The van der Waals surface area contributed by atoms with Crippen molar-refractivity contribution in [3.8, 4) is 6.01 Å². The van der Waals surface area contributed by atoms with Gasteiger partial charge in [-0.05, 0) is 49.0 Å². The molecule has 4 aromatic rings. The number of anilines is 1. The minimum Gasteiger partial charge on any atom is -0.462 e. The molecule has 0 saturated carbocycles. The van der Waals surface area contributed by atoms with E-state index in [0.29, 0.717) is 56.3 Å². The monoisotopic (exact) mass is 666 g/mol. The lowest BCUT2D eigenvalue weighted by Gasteiger charge is -2.40. The van der Waals surface area contributed by atoms with Crippen LogP contribution in [0, 0.1) is 6.57 Å². The number of halogens is 1. The van der Waals surface area contributed by atoms with Gasteiger partial charge >= 0.3 is 12.1 Å². The molecule has 3 aliphatic rings. The number of hydrogen-bond acceptors (Lipinski definition) is 8. The summed E-state index contributed by atoms with van der Waals surface area (Å²) in [6.45, 7) is 11.2. The Labute approximate surface area is 286 Å². The summed E-state index contributed by atoms with van der Waals surface area (Å²) < 4.78 is 18.5. The summed E-state index contributed by atoms with van der Waals surface area (Å²) in [7, 11) is 2.12. The number of amides is 1. The molecule has 48 heavy (non-hydrogen) atoms. The first-order valence-corrected chi connectivity index (χ1v) is 16.9. The van der Waals surface area contributed by atoms with Crippen molar-refractivity contribution in [2.45, 2.75) is 50.7 Å². The first kappa shape index (κ1) is 32.1. The van der Waals surface area contributed by atoms with Gasteiger partial charge in [0.05, 0.1) is 18.4 Å². The molecule has 3 aliphatic heterocycles. The van der Waals surface area contributed by atoms with Crippen molar-refractivity contribution in [2.24, 2.45) is 0 Å². The van der Waals surface area contributed by atoms with Crippen LogP contribution in [0.2, 0.25) is 5.02 Å². The van der Waals surface area contributed by atoms with Gasteiger partial charge in [0.1, 0.15) is 25.1 Å². The van der Waals surface area contributed by atoms with Gasteiger partial charge in [0.15, 0.2) is 0 Å². The van der Waals surface area contributed by atoms with Gasteiger partial charge in [0.25, 0.3) is 0 Å².